The van der Waals surface area contributed by atoms with Crippen LogP contribution in [-0.4, -0.2) is 60.2 Å². The van der Waals surface area contributed by atoms with Gasteiger partial charge in [-0.3, -0.25) is 4.79 Å². The number of thiazole rings is 3. The Labute approximate surface area is 224 Å². The number of aliphatic hydroxyl groups is 2. The summed E-state index contributed by atoms with van der Waals surface area (Å²) in [7, 11) is 1.00. The Hall–Kier alpha value is -0.0151. The fourth-order valence-corrected chi connectivity index (χ4v) is 3.05. The van der Waals surface area contributed by atoms with E-state index in [0.29, 0.717) is 5.01 Å². The standard InChI is InChI=1S/C4H5NOS.C4H3NOS.C4H8O.C3H2BrNS.CH4O.CH4.B.Na.H/c2*6-3-4-5-1-2-7-4;1-2-4-5-3-1;4-3-5-1-2-6-3;1-2;;;;/h1-2,6H,3H2;1-3H;1-4H2;1-2H;2H,1H3;1H4;;;/q;;;;;;;+1;-1. The van der Waals surface area contributed by atoms with Crippen LogP contribution in [0.25, 0.3) is 0 Å². The summed E-state index contributed by atoms with van der Waals surface area (Å²) in [6.45, 7) is 2.07. The average molecular weight is 547 g/mol. The van der Waals surface area contributed by atoms with Crippen molar-refractivity contribution in [3.05, 3.63) is 48.7 Å². The molecule has 1 aliphatic heterocycles. The Kier molecular flexibility index (Phi) is 36.0. The van der Waals surface area contributed by atoms with Crippen molar-refractivity contribution in [2.75, 3.05) is 20.3 Å². The van der Waals surface area contributed by atoms with Gasteiger partial charge in [0.05, 0.1) is 6.61 Å². The van der Waals surface area contributed by atoms with Crippen molar-refractivity contribution in [1.29, 1.82) is 0 Å². The van der Waals surface area contributed by atoms with Crippen LogP contribution in [0.4, 0.5) is 0 Å². The third-order valence-corrected chi connectivity index (χ3v) is 5.19. The van der Waals surface area contributed by atoms with E-state index in [2.05, 4.69) is 30.9 Å². The van der Waals surface area contributed by atoms with Gasteiger partial charge >= 0.3 is 29.6 Å². The summed E-state index contributed by atoms with van der Waals surface area (Å²) in [6, 6.07) is 0. The fraction of sp³-hybridized carbons (Fsp3) is 0.412. The molecule has 0 saturated carbocycles. The maximum atomic E-state index is 9.82. The van der Waals surface area contributed by atoms with Crippen LogP contribution in [0, 0.1) is 0 Å². The van der Waals surface area contributed by atoms with Crippen LogP contribution >= 0.6 is 49.9 Å². The first-order chi connectivity index (χ1) is 13.3. The second-order valence-electron chi connectivity index (χ2n) is 4.18. The van der Waals surface area contributed by atoms with Gasteiger partial charge in [0.1, 0.15) is 5.01 Å². The molecule has 1 saturated heterocycles. The molecule has 0 bridgehead atoms. The number of aromatic nitrogens is 3. The second-order valence-corrected chi connectivity index (χ2v) is 8.25. The number of hydrogen-bond donors (Lipinski definition) is 2. The summed E-state index contributed by atoms with van der Waals surface area (Å²) in [6.07, 6.45) is 8.34. The Morgan fingerprint density at radius 1 is 1.07 bits per heavy atom. The maximum absolute atomic E-state index is 9.82. The molecule has 4 heterocycles. The van der Waals surface area contributed by atoms with Crippen molar-refractivity contribution < 1.29 is 50.7 Å². The Morgan fingerprint density at radius 2 is 1.60 bits per heavy atom. The van der Waals surface area contributed by atoms with Gasteiger partial charge in [0.15, 0.2) is 15.2 Å². The van der Waals surface area contributed by atoms with Gasteiger partial charge in [0.2, 0.25) is 0 Å². The number of aliphatic hydroxyl groups excluding tert-OH is 2. The number of nitrogens with zero attached hydrogens (tertiary/aromatic N) is 3. The van der Waals surface area contributed by atoms with Gasteiger partial charge in [0, 0.05) is 63.5 Å². The van der Waals surface area contributed by atoms with Crippen molar-refractivity contribution in [3.63, 3.8) is 0 Å². The van der Waals surface area contributed by atoms with Gasteiger partial charge in [-0.15, -0.1) is 34.0 Å². The van der Waals surface area contributed by atoms with Crippen molar-refractivity contribution >= 4 is 64.6 Å². The first-order valence-electron chi connectivity index (χ1n) is 7.67. The molecule has 3 aromatic heterocycles. The predicted molar refractivity (Wildman–Crippen MR) is 127 cm³/mol. The molecule has 0 aliphatic carbocycles. The number of carbonyl (C=O) groups is 1. The molecular weight excluding hydrogens is 520 g/mol. The predicted octanol–water partition coefficient (Wildman–Crippen LogP) is 1.27. The number of hydrogen-bond acceptors (Lipinski definition) is 10. The molecular formula is C17H27BBrN3NaO4S3. The molecule has 30 heavy (non-hydrogen) atoms. The van der Waals surface area contributed by atoms with Crippen molar-refractivity contribution in [2.24, 2.45) is 0 Å². The van der Waals surface area contributed by atoms with E-state index >= 15 is 0 Å². The van der Waals surface area contributed by atoms with Crippen LogP contribution in [0.3, 0.4) is 0 Å². The van der Waals surface area contributed by atoms with Gasteiger partial charge in [-0.1, -0.05) is 7.43 Å². The van der Waals surface area contributed by atoms with E-state index in [9.17, 15) is 4.79 Å². The smallest absolute Gasteiger partial charge is 1.00 e. The maximum Gasteiger partial charge on any atom is 1.00 e. The molecule has 0 atom stereocenters. The second kappa shape index (κ2) is 29.0. The van der Waals surface area contributed by atoms with Gasteiger partial charge in [-0.25, -0.2) is 15.0 Å². The Balaban J connectivity index is -0.0000000910. The van der Waals surface area contributed by atoms with Gasteiger partial charge in [-0.2, -0.15) is 0 Å². The van der Waals surface area contributed by atoms with E-state index in [1.807, 2.05) is 10.8 Å². The van der Waals surface area contributed by atoms with Crippen molar-refractivity contribution in [1.82, 2.24) is 15.0 Å². The molecule has 7 nitrogen and oxygen atoms in total. The van der Waals surface area contributed by atoms with Crippen LogP contribution in [0.15, 0.2) is 38.6 Å². The molecule has 2 N–H and O–H groups in total. The molecule has 1 fully saturated rings. The summed E-state index contributed by atoms with van der Waals surface area (Å²) in [5, 5.41) is 22.2. The number of carbonyl (C=O) groups excluding carboxylic acids is 1. The molecule has 4 rings (SSSR count). The first kappa shape index (κ1) is 37.3. The molecule has 3 aromatic rings. The van der Waals surface area contributed by atoms with Crippen molar-refractivity contribution in [3.8, 4) is 0 Å². The first-order valence-corrected chi connectivity index (χ1v) is 11.1. The van der Waals surface area contributed by atoms with E-state index in [1.165, 1.54) is 35.5 Å². The summed E-state index contributed by atoms with van der Waals surface area (Å²) in [4.78, 5) is 21.2. The largest absolute Gasteiger partial charge is 1.00 e. The summed E-state index contributed by atoms with van der Waals surface area (Å²) >= 11 is 7.58. The third kappa shape index (κ3) is 22.7. The number of halogens is 1. The number of ether oxygens (including phenoxy) is 1. The zero-order valence-corrected chi connectivity index (χ0v) is 22.3. The summed E-state index contributed by atoms with van der Waals surface area (Å²) in [5.74, 6) is 0. The molecule has 0 spiro atoms. The normalized spacial score (nSPS) is 10.1. The summed E-state index contributed by atoms with van der Waals surface area (Å²) in [5.41, 5.74) is 0. The minimum absolute atomic E-state index is 0. The van der Waals surface area contributed by atoms with Gasteiger partial charge in [0.25, 0.3) is 0 Å². The van der Waals surface area contributed by atoms with Gasteiger partial charge in [-0.05, 0) is 28.8 Å². The molecule has 0 amide bonds. The zero-order chi connectivity index (χ0) is 20.2. The molecule has 1 aliphatic rings. The molecule has 3 radical (unpaired) electrons. The Morgan fingerprint density at radius 3 is 1.80 bits per heavy atom. The van der Waals surface area contributed by atoms with Crippen molar-refractivity contribution in [2.45, 2.75) is 26.9 Å². The van der Waals surface area contributed by atoms with Crippen LogP contribution in [0.5, 0.6) is 0 Å². The molecule has 0 unspecified atom stereocenters. The monoisotopic (exact) mass is 546 g/mol. The fourth-order valence-electron chi connectivity index (χ4n) is 1.34. The topological polar surface area (TPSA) is 105 Å². The number of aldehydes is 1. The molecule has 13 heteroatoms. The molecule has 163 valence electrons. The van der Waals surface area contributed by atoms with E-state index < -0.39 is 0 Å². The van der Waals surface area contributed by atoms with Gasteiger partial charge < -0.3 is 16.4 Å². The van der Waals surface area contributed by atoms with Crippen LogP contribution < -0.4 is 29.6 Å². The molecule has 0 aromatic carbocycles. The Bertz CT molecular complexity index is 646. The zero-order valence-electron chi connectivity index (χ0n) is 17.3. The summed E-state index contributed by atoms with van der Waals surface area (Å²) < 4.78 is 5.89. The van der Waals surface area contributed by atoms with Crippen LogP contribution in [-0.2, 0) is 11.3 Å². The minimum Gasteiger partial charge on any atom is -1.00 e. The van der Waals surface area contributed by atoms with E-state index in [0.717, 1.165) is 35.5 Å². The minimum atomic E-state index is 0. The third-order valence-electron chi connectivity index (χ3n) is 2.40. The van der Waals surface area contributed by atoms with E-state index in [4.69, 9.17) is 14.9 Å². The number of rotatable bonds is 2. The van der Waals surface area contributed by atoms with Crippen LogP contribution in [0.1, 0.15) is 36.5 Å². The van der Waals surface area contributed by atoms with E-state index in [1.54, 1.807) is 35.3 Å². The van der Waals surface area contributed by atoms with Crippen LogP contribution in [0.2, 0.25) is 0 Å². The quantitative estimate of drug-likeness (QED) is 0.368. The average Bonchev–Trinajstić information content (AvgIpc) is 3.54. The SMILES string of the molecule is Brc1nccs1.C.C1CCOC1.CO.O=Cc1nccs1.OCc1nccs1.[B].[H-].[Na+]. The van der Waals surface area contributed by atoms with E-state index in [-0.39, 0.29) is 53.4 Å².